The highest BCUT2D eigenvalue weighted by Crippen LogP contribution is 2.26. The summed E-state index contributed by atoms with van der Waals surface area (Å²) in [5.41, 5.74) is 1.12. The molecule has 0 aliphatic heterocycles. The molecule has 1 aromatic heterocycles. The molecule has 0 amide bonds. The fraction of sp³-hybridized carbons (Fsp3) is 0.167. The number of ether oxygens (including phenoxy) is 1. The van der Waals surface area contributed by atoms with E-state index in [1.807, 2.05) is 24.3 Å². The summed E-state index contributed by atoms with van der Waals surface area (Å²) in [6.45, 7) is 2.08. The van der Waals surface area contributed by atoms with Crippen LogP contribution in [0.25, 0.3) is 11.3 Å². The van der Waals surface area contributed by atoms with E-state index in [2.05, 4.69) is 21.1 Å². The predicted octanol–water partition coefficient (Wildman–Crippen LogP) is 3.28. The van der Waals surface area contributed by atoms with Crippen molar-refractivity contribution in [3.8, 4) is 11.3 Å². The number of hydrogen-bond donors (Lipinski definition) is 0. The molecule has 0 N–H and O–H groups in total. The molecule has 88 valence electrons. The minimum Gasteiger partial charge on any atom is -0.462 e. The minimum absolute atomic E-state index is 0.321. The summed E-state index contributed by atoms with van der Waals surface area (Å²) in [6, 6.07) is 7.44. The Hall–Kier alpha value is -1.62. The normalized spacial score (nSPS) is 10.2. The first-order valence-electron chi connectivity index (χ1n) is 5.10. The molecular weight excluding hydrogens is 286 g/mol. The summed E-state index contributed by atoms with van der Waals surface area (Å²) in [6.07, 6.45) is 1.37. The van der Waals surface area contributed by atoms with Gasteiger partial charge in [-0.25, -0.2) is 4.79 Å². The van der Waals surface area contributed by atoms with Crippen LogP contribution < -0.4 is 0 Å². The summed E-state index contributed by atoms with van der Waals surface area (Å²) in [5, 5.41) is 3.64. The van der Waals surface area contributed by atoms with Gasteiger partial charge in [0.1, 0.15) is 5.56 Å². The molecule has 2 aromatic rings. The van der Waals surface area contributed by atoms with E-state index in [0.717, 1.165) is 10.0 Å². The van der Waals surface area contributed by atoms with Crippen molar-refractivity contribution in [2.75, 3.05) is 6.61 Å². The van der Waals surface area contributed by atoms with Gasteiger partial charge in [0.2, 0.25) is 0 Å². The Bertz CT molecular complexity index is 536. The van der Waals surface area contributed by atoms with E-state index in [4.69, 9.17) is 9.26 Å². The van der Waals surface area contributed by atoms with Gasteiger partial charge in [-0.05, 0) is 19.1 Å². The molecule has 1 aromatic carbocycles. The average molecular weight is 296 g/mol. The van der Waals surface area contributed by atoms with Crippen molar-refractivity contribution < 1.29 is 14.1 Å². The van der Waals surface area contributed by atoms with Gasteiger partial charge in [0.25, 0.3) is 0 Å². The molecule has 4 nitrogen and oxygen atoms in total. The van der Waals surface area contributed by atoms with Crippen LogP contribution in [0.15, 0.2) is 39.5 Å². The molecular formula is C12H10BrNO3. The Balaban J connectivity index is 2.40. The molecule has 0 atom stereocenters. The van der Waals surface area contributed by atoms with Crippen LogP contribution in [-0.2, 0) is 4.74 Å². The lowest BCUT2D eigenvalue weighted by atomic mass is 10.1. The second-order valence-electron chi connectivity index (χ2n) is 3.30. The molecule has 0 bridgehead atoms. The van der Waals surface area contributed by atoms with Gasteiger partial charge in [-0.15, -0.1) is 0 Å². The first kappa shape index (κ1) is 11.9. The molecule has 0 saturated heterocycles. The van der Waals surface area contributed by atoms with Crippen molar-refractivity contribution in [3.05, 3.63) is 40.5 Å². The lowest BCUT2D eigenvalue weighted by Crippen LogP contribution is -2.04. The molecule has 0 aliphatic carbocycles. The van der Waals surface area contributed by atoms with Gasteiger partial charge in [0, 0.05) is 10.0 Å². The van der Waals surface area contributed by atoms with Crippen molar-refractivity contribution in [2.45, 2.75) is 6.92 Å². The molecule has 1 heterocycles. The van der Waals surface area contributed by atoms with Crippen LogP contribution in [0.2, 0.25) is 0 Å². The topological polar surface area (TPSA) is 52.3 Å². The Labute approximate surface area is 107 Å². The molecule has 17 heavy (non-hydrogen) atoms. The highest BCUT2D eigenvalue weighted by molar-refractivity contribution is 9.10. The molecule has 0 spiro atoms. The van der Waals surface area contributed by atoms with E-state index in [9.17, 15) is 4.79 Å². The molecule has 0 aliphatic rings. The molecule has 0 unspecified atom stereocenters. The van der Waals surface area contributed by atoms with Gasteiger partial charge >= 0.3 is 5.97 Å². The molecule has 5 heteroatoms. The standard InChI is InChI=1S/C12H10BrNO3/c1-2-16-12(15)10-7-14-17-11(10)8-4-3-5-9(13)6-8/h3-7H,2H2,1H3. The van der Waals surface area contributed by atoms with Crippen LogP contribution in [-0.4, -0.2) is 17.7 Å². The summed E-state index contributed by atoms with van der Waals surface area (Å²) in [4.78, 5) is 11.7. The largest absolute Gasteiger partial charge is 0.462 e. The van der Waals surface area contributed by atoms with E-state index in [1.165, 1.54) is 6.20 Å². The third kappa shape index (κ3) is 2.55. The van der Waals surface area contributed by atoms with Crippen LogP contribution in [0.4, 0.5) is 0 Å². The zero-order valence-electron chi connectivity index (χ0n) is 9.14. The number of halogens is 1. The smallest absolute Gasteiger partial charge is 0.343 e. The fourth-order valence-electron chi connectivity index (χ4n) is 1.43. The Morgan fingerprint density at radius 2 is 2.35 bits per heavy atom. The van der Waals surface area contributed by atoms with E-state index in [0.29, 0.717) is 17.9 Å². The maximum Gasteiger partial charge on any atom is 0.343 e. The first-order chi connectivity index (χ1) is 8.22. The summed E-state index contributed by atoms with van der Waals surface area (Å²) < 4.78 is 10.9. The SMILES string of the molecule is CCOC(=O)c1cnoc1-c1cccc(Br)c1. The first-order valence-corrected chi connectivity index (χ1v) is 5.89. The molecule has 2 rings (SSSR count). The Morgan fingerprint density at radius 1 is 1.53 bits per heavy atom. The quantitative estimate of drug-likeness (QED) is 0.816. The Kier molecular flexibility index (Phi) is 3.58. The second-order valence-corrected chi connectivity index (χ2v) is 4.22. The van der Waals surface area contributed by atoms with E-state index in [1.54, 1.807) is 6.92 Å². The number of esters is 1. The van der Waals surface area contributed by atoms with Crippen LogP contribution in [0, 0.1) is 0 Å². The van der Waals surface area contributed by atoms with Crippen molar-refractivity contribution in [2.24, 2.45) is 0 Å². The Morgan fingerprint density at radius 3 is 3.06 bits per heavy atom. The monoisotopic (exact) mass is 295 g/mol. The average Bonchev–Trinajstić information content (AvgIpc) is 2.78. The highest BCUT2D eigenvalue weighted by atomic mass is 79.9. The fourth-order valence-corrected chi connectivity index (χ4v) is 1.83. The number of aromatic nitrogens is 1. The van der Waals surface area contributed by atoms with Crippen molar-refractivity contribution in [1.29, 1.82) is 0 Å². The summed E-state index contributed by atoms with van der Waals surface area (Å²) in [7, 11) is 0. The number of benzene rings is 1. The lowest BCUT2D eigenvalue weighted by Gasteiger charge is -2.01. The summed E-state index contributed by atoms with van der Waals surface area (Å²) in [5.74, 6) is -0.00604. The van der Waals surface area contributed by atoms with Gasteiger partial charge in [0.15, 0.2) is 5.76 Å². The zero-order valence-corrected chi connectivity index (χ0v) is 10.7. The molecule has 0 saturated carbocycles. The van der Waals surface area contributed by atoms with Gasteiger partial charge in [-0.1, -0.05) is 33.2 Å². The van der Waals surface area contributed by atoms with Crippen molar-refractivity contribution in [3.63, 3.8) is 0 Å². The van der Waals surface area contributed by atoms with Gasteiger partial charge in [-0.3, -0.25) is 0 Å². The maximum absolute atomic E-state index is 11.7. The highest BCUT2D eigenvalue weighted by Gasteiger charge is 2.18. The van der Waals surface area contributed by atoms with Gasteiger partial charge in [0.05, 0.1) is 12.8 Å². The van der Waals surface area contributed by atoms with Crippen LogP contribution >= 0.6 is 15.9 Å². The number of carbonyl (C=O) groups is 1. The number of rotatable bonds is 3. The second kappa shape index (κ2) is 5.14. The number of hydrogen-bond acceptors (Lipinski definition) is 4. The van der Waals surface area contributed by atoms with Crippen LogP contribution in [0.1, 0.15) is 17.3 Å². The third-order valence-corrected chi connectivity index (χ3v) is 2.65. The number of carbonyl (C=O) groups excluding carboxylic acids is 1. The molecule has 0 radical (unpaired) electrons. The van der Waals surface area contributed by atoms with Gasteiger partial charge in [-0.2, -0.15) is 0 Å². The van der Waals surface area contributed by atoms with Crippen LogP contribution in [0.5, 0.6) is 0 Å². The minimum atomic E-state index is -0.427. The van der Waals surface area contributed by atoms with Crippen molar-refractivity contribution in [1.82, 2.24) is 5.16 Å². The zero-order chi connectivity index (χ0) is 12.3. The van der Waals surface area contributed by atoms with E-state index in [-0.39, 0.29) is 0 Å². The lowest BCUT2D eigenvalue weighted by molar-refractivity contribution is 0.0527. The maximum atomic E-state index is 11.7. The van der Waals surface area contributed by atoms with Gasteiger partial charge < -0.3 is 9.26 Å². The van der Waals surface area contributed by atoms with E-state index < -0.39 is 5.97 Å². The summed E-state index contributed by atoms with van der Waals surface area (Å²) >= 11 is 3.36. The number of nitrogens with zero attached hydrogens (tertiary/aromatic N) is 1. The predicted molar refractivity (Wildman–Crippen MR) is 65.6 cm³/mol. The molecule has 0 fully saturated rings. The van der Waals surface area contributed by atoms with E-state index >= 15 is 0 Å². The van der Waals surface area contributed by atoms with Crippen LogP contribution in [0.3, 0.4) is 0 Å². The third-order valence-electron chi connectivity index (χ3n) is 2.15. The van der Waals surface area contributed by atoms with Crippen molar-refractivity contribution >= 4 is 21.9 Å².